The summed E-state index contributed by atoms with van der Waals surface area (Å²) in [6.07, 6.45) is 50.8. The molecule has 0 fully saturated rings. The number of ether oxygens (including phenoxy) is 1. The van der Waals surface area contributed by atoms with Gasteiger partial charge in [0.25, 0.3) is 0 Å². The lowest BCUT2D eigenvalue weighted by molar-refractivity contribution is -0.143. The third-order valence-electron chi connectivity index (χ3n) is 9.85. The monoisotopic (exact) mass is 744 g/mol. The van der Waals surface area contributed by atoms with Crippen LogP contribution in [0.1, 0.15) is 213 Å². The van der Waals surface area contributed by atoms with Crippen LogP contribution in [0.5, 0.6) is 0 Å². The molecule has 1 amide bonds. The number of esters is 1. The van der Waals surface area contributed by atoms with Crippen molar-refractivity contribution in [3.8, 4) is 0 Å². The van der Waals surface area contributed by atoms with Gasteiger partial charge in [-0.15, -0.1) is 0 Å². The standard InChI is InChI=1S/C47H85NO5/c1-3-5-7-9-11-13-15-17-21-25-29-33-37-41-47(52)53-42-38-34-30-26-22-19-16-18-20-24-28-32-36-40-46(51)48-44(43-49)45(50)39-35-31-27-23-14-12-10-8-6-4-2/h7,9,13,15,18,20,28,32,44-45,49-50H,3-6,8,10-12,14,16-17,19,21-27,29-31,33-43H2,1-2H3,(H,48,51)/b9-7-,15-13-,20-18-,32-28-. The SMILES string of the molecule is CCC/C=C\C/C=C\CCCCCCCC(=O)OCCCCCCCC/C=C\C/C=C\CCC(=O)NC(CO)C(O)CCCCCCCCCCCC. The molecule has 6 heteroatoms. The van der Waals surface area contributed by atoms with Crippen molar-refractivity contribution in [2.75, 3.05) is 13.2 Å². The van der Waals surface area contributed by atoms with Gasteiger partial charge in [0.2, 0.25) is 5.91 Å². The van der Waals surface area contributed by atoms with E-state index in [-0.39, 0.29) is 18.5 Å². The van der Waals surface area contributed by atoms with E-state index in [0.29, 0.717) is 32.3 Å². The molecule has 0 aliphatic carbocycles. The van der Waals surface area contributed by atoms with Gasteiger partial charge in [0, 0.05) is 12.8 Å². The highest BCUT2D eigenvalue weighted by atomic mass is 16.5. The molecule has 0 heterocycles. The zero-order chi connectivity index (χ0) is 38.7. The highest BCUT2D eigenvalue weighted by Gasteiger charge is 2.19. The van der Waals surface area contributed by atoms with Crippen LogP contribution in [0.3, 0.4) is 0 Å². The minimum absolute atomic E-state index is 0.0339. The molecule has 0 aromatic carbocycles. The Morgan fingerprint density at radius 3 is 1.55 bits per heavy atom. The number of allylic oxidation sites excluding steroid dienone is 8. The second kappa shape index (κ2) is 42.6. The van der Waals surface area contributed by atoms with E-state index in [0.717, 1.165) is 64.2 Å². The molecule has 0 saturated heterocycles. The number of nitrogens with one attached hydrogen (secondary N) is 1. The molecule has 0 aliphatic heterocycles. The fourth-order valence-electron chi connectivity index (χ4n) is 6.37. The number of hydrogen-bond donors (Lipinski definition) is 3. The Morgan fingerprint density at radius 2 is 1.00 bits per heavy atom. The second-order valence-corrected chi connectivity index (χ2v) is 15.0. The molecule has 2 atom stereocenters. The van der Waals surface area contributed by atoms with Gasteiger partial charge in [0.05, 0.1) is 25.4 Å². The van der Waals surface area contributed by atoms with Crippen molar-refractivity contribution >= 4 is 11.9 Å². The Hall–Kier alpha value is -2.18. The van der Waals surface area contributed by atoms with Crippen molar-refractivity contribution in [3.63, 3.8) is 0 Å². The van der Waals surface area contributed by atoms with E-state index in [1.807, 2.05) is 6.08 Å². The lowest BCUT2D eigenvalue weighted by Crippen LogP contribution is -2.45. The van der Waals surface area contributed by atoms with Crippen LogP contribution < -0.4 is 5.32 Å². The summed E-state index contributed by atoms with van der Waals surface area (Å²) in [6.45, 7) is 4.77. The molecule has 0 spiro atoms. The maximum atomic E-state index is 12.3. The summed E-state index contributed by atoms with van der Waals surface area (Å²) in [5.74, 6) is -0.154. The third-order valence-corrected chi connectivity index (χ3v) is 9.85. The van der Waals surface area contributed by atoms with Gasteiger partial charge in [0.15, 0.2) is 0 Å². The number of unbranched alkanes of at least 4 members (excludes halogenated alkanes) is 21. The van der Waals surface area contributed by atoms with Gasteiger partial charge in [-0.25, -0.2) is 0 Å². The predicted molar refractivity (Wildman–Crippen MR) is 227 cm³/mol. The number of aliphatic hydroxyl groups is 2. The number of rotatable bonds is 40. The maximum Gasteiger partial charge on any atom is 0.305 e. The quantitative estimate of drug-likeness (QED) is 0.0330. The van der Waals surface area contributed by atoms with Crippen LogP contribution in [-0.2, 0) is 14.3 Å². The van der Waals surface area contributed by atoms with Crippen LogP contribution in [0.2, 0.25) is 0 Å². The lowest BCUT2D eigenvalue weighted by atomic mass is 10.0. The molecule has 0 radical (unpaired) electrons. The van der Waals surface area contributed by atoms with Crippen LogP contribution in [0.15, 0.2) is 48.6 Å². The van der Waals surface area contributed by atoms with Gasteiger partial charge in [-0.05, 0) is 70.6 Å². The summed E-state index contributed by atoms with van der Waals surface area (Å²) in [6, 6.07) is -0.584. The minimum atomic E-state index is -0.698. The Balaban J connectivity index is 3.58. The molecule has 6 nitrogen and oxygen atoms in total. The first-order valence-corrected chi connectivity index (χ1v) is 22.4. The molecule has 0 aliphatic rings. The van der Waals surface area contributed by atoms with Crippen LogP contribution in [0.4, 0.5) is 0 Å². The van der Waals surface area contributed by atoms with Gasteiger partial charge in [0.1, 0.15) is 0 Å². The Kier molecular flexibility index (Phi) is 40.8. The summed E-state index contributed by atoms with van der Waals surface area (Å²) in [7, 11) is 0. The molecule has 0 aromatic heterocycles. The summed E-state index contributed by atoms with van der Waals surface area (Å²) in [5.41, 5.74) is 0. The molecule has 2 unspecified atom stereocenters. The smallest absolute Gasteiger partial charge is 0.305 e. The largest absolute Gasteiger partial charge is 0.466 e. The van der Waals surface area contributed by atoms with E-state index in [2.05, 4.69) is 61.7 Å². The highest BCUT2D eigenvalue weighted by Crippen LogP contribution is 2.14. The Morgan fingerprint density at radius 1 is 0.528 bits per heavy atom. The Bertz CT molecular complexity index is 911. The minimum Gasteiger partial charge on any atom is -0.466 e. The average molecular weight is 744 g/mol. The average Bonchev–Trinajstić information content (AvgIpc) is 3.16. The van der Waals surface area contributed by atoms with E-state index in [1.165, 1.54) is 109 Å². The first-order valence-electron chi connectivity index (χ1n) is 22.4. The normalized spacial score (nSPS) is 13.2. The van der Waals surface area contributed by atoms with Crippen molar-refractivity contribution in [1.82, 2.24) is 5.32 Å². The lowest BCUT2D eigenvalue weighted by Gasteiger charge is -2.22. The predicted octanol–water partition coefficient (Wildman–Crippen LogP) is 12.7. The molecule has 0 bridgehead atoms. The van der Waals surface area contributed by atoms with Gasteiger partial charge < -0.3 is 20.3 Å². The highest BCUT2D eigenvalue weighted by molar-refractivity contribution is 5.76. The summed E-state index contributed by atoms with van der Waals surface area (Å²) in [5, 5.41) is 23.0. The number of carbonyl (C=O) groups is 2. The molecule has 0 saturated carbocycles. The molecule has 3 N–H and O–H groups in total. The zero-order valence-corrected chi connectivity index (χ0v) is 34.7. The van der Waals surface area contributed by atoms with E-state index in [4.69, 9.17) is 4.74 Å². The van der Waals surface area contributed by atoms with Crippen molar-refractivity contribution in [2.24, 2.45) is 0 Å². The number of hydrogen-bond acceptors (Lipinski definition) is 5. The van der Waals surface area contributed by atoms with Gasteiger partial charge in [-0.3, -0.25) is 9.59 Å². The van der Waals surface area contributed by atoms with Crippen molar-refractivity contribution in [3.05, 3.63) is 48.6 Å². The van der Waals surface area contributed by atoms with E-state index in [9.17, 15) is 19.8 Å². The summed E-state index contributed by atoms with van der Waals surface area (Å²) >= 11 is 0. The summed E-state index contributed by atoms with van der Waals surface area (Å²) in [4.78, 5) is 24.3. The number of carbonyl (C=O) groups excluding carboxylic acids is 2. The zero-order valence-electron chi connectivity index (χ0n) is 34.7. The van der Waals surface area contributed by atoms with E-state index >= 15 is 0 Å². The molecule has 53 heavy (non-hydrogen) atoms. The second-order valence-electron chi connectivity index (χ2n) is 15.0. The molecular weight excluding hydrogens is 659 g/mol. The van der Waals surface area contributed by atoms with E-state index < -0.39 is 12.1 Å². The fourth-order valence-corrected chi connectivity index (χ4v) is 6.37. The number of amides is 1. The molecule has 308 valence electrons. The first kappa shape index (κ1) is 50.8. The summed E-state index contributed by atoms with van der Waals surface area (Å²) < 4.78 is 5.42. The van der Waals surface area contributed by atoms with Gasteiger partial charge in [-0.2, -0.15) is 0 Å². The van der Waals surface area contributed by atoms with Crippen molar-refractivity contribution in [2.45, 2.75) is 225 Å². The van der Waals surface area contributed by atoms with Crippen molar-refractivity contribution < 1.29 is 24.5 Å². The van der Waals surface area contributed by atoms with Gasteiger partial charge >= 0.3 is 5.97 Å². The molecule has 0 aromatic rings. The molecule has 0 rings (SSSR count). The van der Waals surface area contributed by atoms with Crippen LogP contribution in [0, 0.1) is 0 Å². The third kappa shape index (κ3) is 39.3. The fraction of sp³-hybridized carbons (Fsp3) is 0.787. The van der Waals surface area contributed by atoms with Crippen molar-refractivity contribution in [1.29, 1.82) is 0 Å². The van der Waals surface area contributed by atoms with E-state index in [1.54, 1.807) is 0 Å². The first-order chi connectivity index (χ1) is 26.0. The Labute approximate surface area is 327 Å². The topological polar surface area (TPSA) is 95.9 Å². The van der Waals surface area contributed by atoms with Crippen LogP contribution in [0.25, 0.3) is 0 Å². The number of aliphatic hydroxyl groups excluding tert-OH is 2. The van der Waals surface area contributed by atoms with Crippen LogP contribution >= 0.6 is 0 Å². The maximum absolute atomic E-state index is 12.3. The van der Waals surface area contributed by atoms with Crippen LogP contribution in [-0.4, -0.2) is 47.4 Å². The van der Waals surface area contributed by atoms with Gasteiger partial charge in [-0.1, -0.05) is 178 Å². The molecular formula is C47H85NO5.